The number of fused-ring (bicyclic) bond motifs is 1. The van der Waals surface area contributed by atoms with E-state index in [1.165, 1.54) is 11.8 Å². The van der Waals surface area contributed by atoms with Crippen LogP contribution in [0.4, 0.5) is 0 Å². The fourth-order valence-electron chi connectivity index (χ4n) is 4.82. The molecule has 5 rings (SSSR count). The summed E-state index contributed by atoms with van der Waals surface area (Å²) in [5, 5.41) is 17.9. The Balaban J connectivity index is 1.40. The van der Waals surface area contributed by atoms with E-state index in [1.54, 1.807) is 12.1 Å². The first-order valence-electron chi connectivity index (χ1n) is 9.46. The van der Waals surface area contributed by atoms with Gasteiger partial charge < -0.3 is 19.9 Å². The molecule has 3 atom stereocenters. The zero-order chi connectivity index (χ0) is 18.4. The van der Waals surface area contributed by atoms with Crippen molar-refractivity contribution in [2.45, 2.75) is 18.4 Å². The summed E-state index contributed by atoms with van der Waals surface area (Å²) < 4.78 is 13.6. The summed E-state index contributed by atoms with van der Waals surface area (Å²) in [5.41, 5.74) is 1.51. The Labute approximate surface area is 157 Å². The summed E-state index contributed by atoms with van der Waals surface area (Å²) in [6.45, 7) is 3.89. The first kappa shape index (κ1) is 16.8. The van der Waals surface area contributed by atoms with Crippen LogP contribution in [0.15, 0.2) is 30.5 Å². The van der Waals surface area contributed by atoms with Crippen LogP contribution in [-0.4, -0.2) is 54.1 Å². The Kier molecular flexibility index (Phi) is 3.94. The van der Waals surface area contributed by atoms with Gasteiger partial charge in [0.05, 0.1) is 31.4 Å². The van der Waals surface area contributed by atoms with Crippen LogP contribution in [0.5, 0.6) is 11.5 Å². The van der Waals surface area contributed by atoms with E-state index in [0.717, 1.165) is 32.7 Å². The molecule has 2 N–H and O–H groups in total. The van der Waals surface area contributed by atoms with E-state index in [9.17, 15) is 9.90 Å². The number of nitrogens with one attached hydrogen (secondary N) is 1. The molecule has 0 spiro atoms. The van der Waals surface area contributed by atoms with E-state index < -0.39 is 0 Å². The Hall–Kier alpha value is -2.38. The SMILES string of the molecule is O=Cc1c(O)cccc1OCC12CCNC[C@@H]1C2c1ccnn1C1COC1. The number of hydrogen-bond acceptors (Lipinski definition) is 6. The van der Waals surface area contributed by atoms with E-state index in [-0.39, 0.29) is 16.7 Å². The minimum atomic E-state index is -0.0442. The van der Waals surface area contributed by atoms with Crippen LogP contribution < -0.4 is 10.1 Å². The maximum absolute atomic E-state index is 11.3. The van der Waals surface area contributed by atoms with Crippen molar-refractivity contribution in [1.82, 2.24) is 15.1 Å². The molecule has 2 aromatic rings. The van der Waals surface area contributed by atoms with Crippen LogP contribution in [0, 0.1) is 11.3 Å². The minimum absolute atomic E-state index is 0.0409. The molecule has 3 aliphatic rings. The van der Waals surface area contributed by atoms with Crippen molar-refractivity contribution in [2.24, 2.45) is 11.3 Å². The number of hydrogen-bond donors (Lipinski definition) is 2. The summed E-state index contributed by atoms with van der Waals surface area (Å²) in [7, 11) is 0. The van der Waals surface area contributed by atoms with Gasteiger partial charge in [-0.05, 0) is 43.6 Å². The molecule has 1 saturated carbocycles. The maximum atomic E-state index is 11.3. The minimum Gasteiger partial charge on any atom is -0.507 e. The average Bonchev–Trinajstić information content (AvgIpc) is 3.08. The number of benzene rings is 1. The quantitative estimate of drug-likeness (QED) is 0.755. The molecule has 0 bridgehead atoms. The summed E-state index contributed by atoms with van der Waals surface area (Å²) in [4.78, 5) is 11.3. The topological polar surface area (TPSA) is 85.6 Å². The van der Waals surface area contributed by atoms with Crippen molar-refractivity contribution in [3.05, 3.63) is 41.7 Å². The van der Waals surface area contributed by atoms with Crippen LogP contribution in [0.1, 0.15) is 34.4 Å². The van der Waals surface area contributed by atoms with Crippen LogP contribution in [0.2, 0.25) is 0 Å². The molecule has 3 heterocycles. The summed E-state index contributed by atoms with van der Waals surface area (Å²) >= 11 is 0. The molecule has 7 nitrogen and oxygen atoms in total. The van der Waals surface area contributed by atoms with Gasteiger partial charge in [-0.1, -0.05) is 6.07 Å². The fraction of sp³-hybridized carbons (Fsp3) is 0.500. The van der Waals surface area contributed by atoms with Crippen molar-refractivity contribution in [3.63, 3.8) is 0 Å². The number of aromatic hydroxyl groups is 1. The highest BCUT2D eigenvalue weighted by molar-refractivity contribution is 5.83. The number of rotatable bonds is 6. The third-order valence-electron chi connectivity index (χ3n) is 6.43. The maximum Gasteiger partial charge on any atom is 0.157 e. The lowest BCUT2D eigenvalue weighted by Gasteiger charge is -2.28. The third-order valence-corrected chi connectivity index (χ3v) is 6.43. The summed E-state index contributed by atoms with van der Waals surface area (Å²) in [5.74, 6) is 1.27. The fourth-order valence-corrected chi connectivity index (χ4v) is 4.82. The molecule has 142 valence electrons. The average molecular weight is 369 g/mol. The van der Waals surface area contributed by atoms with Gasteiger partial charge in [-0.25, -0.2) is 0 Å². The van der Waals surface area contributed by atoms with Gasteiger partial charge in [-0.3, -0.25) is 9.48 Å². The van der Waals surface area contributed by atoms with Gasteiger partial charge in [-0.15, -0.1) is 0 Å². The van der Waals surface area contributed by atoms with Gasteiger partial charge in [0.1, 0.15) is 11.5 Å². The molecule has 2 aliphatic heterocycles. The van der Waals surface area contributed by atoms with E-state index in [4.69, 9.17) is 9.47 Å². The predicted molar refractivity (Wildman–Crippen MR) is 97.2 cm³/mol. The van der Waals surface area contributed by atoms with E-state index in [1.807, 2.05) is 6.20 Å². The van der Waals surface area contributed by atoms with Crippen LogP contribution in [0.25, 0.3) is 0 Å². The Morgan fingerprint density at radius 1 is 1.41 bits per heavy atom. The van der Waals surface area contributed by atoms with Gasteiger partial charge >= 0.3 is 0 Å². The van der Waals surface area contributed by atoms with Gasteiger partial charge in [0.25, 0.3) is 0 Å². The Morgan fingerprint density at radius 3 is 3.07 bits per heavy atom. The first-order chi connectivity index (χ1) is 13.2. The second kappa shape index (κ2) is 6.35. The van der Waals surface area contributed by atoms with Crippen molar-refractivity contribution in [3.8, 4) is 11.5 Å². The number of nitrogens with zero attached hydrogens (tertiary/aromatic N) is 2. The van der Waals surface area contributed by atoms with Crippen molar-refractivity contribution >= 4 is 6.29 Å². The Bertz CT molecular complexity index is 863. The molecule has 1 aromatic heterocycles. The molecule has 0 amide bonds. The van der Waals surface area contributed by atoms with Gasteiger partial charge in [0.2, 0.25) is 0 Å². The number of ether oxygens (including phenoxy) is 2. The smallest absolute Gasteiger partial charge is 0.157 e. The molecule has 2 saturated heterocycles. The molecule has 7 heteroatoms. The number of phenols is 1. The number of carbonyl (C=O) groups excluding carboxylic acids is 1. The number of piperidine rings is 1. The highest BCUT2D eigenvalue weighted by Crippen LogP contribution is 2.67. The molecule has 0 radical (unpaired) electrons. The number of phenolic OH excluding ortho intramolecular Hbond substituents is 1. The number of aldehydes is 1. The predicted octanol–water partition coefficient (Wildman–Crippen LogP) is 1.74. The highest BCUT2D eigenvalue weighted by atomic mass is 16.5. The van der Waals surface area contributed by atoms with Gasteiger partial charge in [-0.2, -0.15) is 5.10 Å². The zero-order valence-corrected chi connectivity index (χ0v) is 15.0. The molecule has 3 fully saturated rings. The van der Waals surface area contributed by atoms with Crippen LogP contribution >= 0.6 is 0 Å². The zero-order valence-electron chi connectivity index (χ0n) is 15.0. The lowest BCUT2D eigenvalue weighted by Crippen LogP contribution is -2.33. The molecule has 1 aromatic carbocycles. The normalized spacial score (nSPS) is 29.6. The van der Waals surface area contributed by atoms with E-state index >= 15 is 0 Å². The molecular formula is C20H23N3O4. The second-order valence-electron chi connectivity index (χ2n) is 7.76. The lowest BCUT2D eigenvalue weighted by atomic mass is 9.95. The van der Waals surface area contributed by atoms with E-state index in [0.29, 0.717) is 36.5 Å². The van der Waals surface area contributed by atoms with Crippen LogP contribution in [-0.2, 0) is 4.74 Å². The van der Waals surface area contributed by atoms with Gasteiger partial charge in [0, 0.05) is 23.2 Å². The van der Waals surface area contributed by atoms with Crippen molar-refractivity contribution < 1.29 is 19.4 Å². The van der Waals surface area contributed by atoms with Crippen LogP contribution in [0.3, 0.4) is 0 Å². The molecule has 27 heavy (non-hydrogen) atoms. The molecule has 1 aliphatic carbocycles. The highest BCUT2D eigenvalue weighted by Gasteiger charge is 2.67. The van der Waals surface area contributed by atoms with Crippen molar-refractivity contribution in [1.29, 1.82) is 0 Å². The largest absolute Gasteiger partial charge is 0.507 e. The monoisotopic (exact) mass is 369 g/mol. The first-order valence-corrected chi connectivity index (χ1v) is 9.46. The lowest BCUT2D eigenvalue weighted by molar-refractivity contribution is -0.0300. The van der Waals surface area contributed by atoms with E-state index in [2.05, 4.69) is 21.2 Å². The second-order valence-corrected chi connectivity index (χ2v) is 7.76. The molecule has 2 unspecified atom stereocenters. The molecular weight excluding hydrogens is 346 g/mol. The van der Waals surface area contributed by atoms with Gasteiger partial charge in [0.15, 0.2) is 6.29 Å². The summed E-state index contributed by atoms with van der Waals surface area (Å²) in [6, 6.07) is 7.39. The summed E-state index contributed by atoms with van der Waals surface area (Å²) in [6.07, 6.45) is 3.54. The van der Waals surface area contributed by atoms with Crippen molar-refractivity contribution in [2.75, 3.05) is 32.9 Å². The number of aromatic nitrogens is 2. The Morgan fingerprint density at radius 2 is 2.30 bits per heavy atom. The number of carbonyl (C=O) groups is 1. The third kappa shape index (κ3) is 2.56. The standard InChI is InChI=1S/C20H23N3O4/c24-9-14-17(25)2-1-3-18(14)27-12-20-5-7-21-8-15(20)19(20)16-4-6-22-23(16)13-10-26-11-13/h1-4,6,9,13,15,19,21,25H,5,7-8,10-12H2/t15-,19?,20?/m1/s1.